The molecule has 0 fully saturated rings. The first-order chi connectivity index (χ1) is 8.11. The van der Waals surface area contributed by atoms with E-state index in [4.69, 9.17) is 9.26 Å². The zero-order valence-electron chi connectivity index (χ0n) is 9.57. The van der Waals surface area contributed by atoms with Crippen LogP contribution in [0.15, 0.2) is 4.52 Å². The molecule has 0 radical (unpaired) electrons. The molecular formula is C9H11N5O3. The SMILES string of the molecule is COc1n[nH]c(NC(=O)c2c(C)noc2C)n1. The van der Waals surface area contributed by atoms with Gasteiger partial charge < -0.3 is 9.26 Å². The van der Waals surface area contributed by atoms with Crippen molar-refractivity contribution in [2.45, 2.75) is 13.8 Å². The topological polar surface area (TPSA) is 106 Å². The van der Waals surface area contributed by atoms with Crippen LogP contribution in [-0.4, -0.2) is 33.4 Å². The Morgan fingerprint density at radius 1 is 1.47 bits per heavy atom. The molecule has 0 aromatic carbocycles. The third-order valence-electron chi connectivity index (χ3n) is 2.14. The third-order valence-corrected chi connectivity index (χ3v) is 2.14. The lowest BCUT2D eigenvalue weighted by Gasteiger charge is -1.99. The van der Waals surface area contributed by atoms with E-state index in [9.17, 15) is 4.79 Å². The molecule has 0 saturated heterocycles. The lowest BCUT2D eigenvalue weighted by atomic mass is 10.2. The first kappa shape index (κ1) is 11.1. The molecule has 2 rings (SSSR count). The molecule has 0 unspecified atom stereocenters. The van der Waals surface area contributed by atoms with Gasteiger partial charge in [0.15, 0.2) is 0 Å². The van der Waals surface area contributed by atoms with E-state index in [0.29, 0.717) is 17.0 Å². The van der Waals surface area contributed by atoms with E-state index in [1.54, 1.807) is 13.8 Å². The number of nitrogens with zero attached hydrogens (tertiary/aromatic N) is 3. The van der Waals surface area contributed by atoms with Gasteiger partial charge >= 0.3 is 6.01 Å². The molecule has 1 amide bonds. The molecule has 2 aromatic rings. The first-order valence-corrected chi connectivity index (χ1v) is 4.82. The van der Waals surface area contributed by atoms with Crippen molar-refractivity contribution in [2.24, 2.45) is 0 Å². The summed E-state index contributed by atoms with van der Waals surface area (Å²) in [6, 6.07) is 0.152. The molecule has 0 aliphatic rings. The molecule has 0 aliphatic carbocycles. The number of aromatic amines is 1. The lowest BCUT2D eigenvalue weighted by Crippen LogP contribution is -2.14. The summed E-state index contributed by atoms with van der Waals surface area (Å²) >= 11 is 0. The summed E-state index contributed by atoms with van der Waals surface area (Å²) in [5.41, 5.74) is 0.909. The van der Waals surface area contributed by atoms with E-state index in [1.807, 2.05) is 0 Å². The quantitative estimate of drug-likeness (QED) is 0.812. The number of hydrogen-bond donors (Lipinski definition) is 2. The van der Waals surface area contributed by atoms with Crippen LogP contribution in [0.25, 0.3) is 0 Å². The van der Waals surface area contributed by atoms with Crippen LogP contribution >= 0.6 is 0 Å². The molecular weight excluding hydrogens is 226 g/mol. The molecule has 0 bridgehead atoms. The zero-order chi connectivity index (χ0) is 12.4. The average molecular weight is 237 g/mol. The molecule has 8 nitrogen and oxygen atoms in total. The molecule has 0 saturated carbocycles. The Labute approximate surface area is 96.4 Å². The second-order valence-corrected chi connectivity index (χ2v) is 3.32. The summed E-state index contributed by atoms with van der Waals surface area (Å²) in [7, 11) is 1.43. The normalized spacial score (nSPS) is 10.3. The zero-order valence-corrected chi connectivity index (χ0v) is 9.57. The minimum atomic E-state index is -0.361. The summed E-state index contributed by atoms with van der Waals surface area (Å²) in [5, 5.41) is 12.4. The van der Waals surface area contributed by atoms with Crippen LogP contribution < -0.4 is 10.1 Å². The highest BCUT2D eigenvalue weighted by Crippen LogP contribution is 2.14. The van der Waals surface area contributed by atoms with E-state index in [1.165, 1.54) is 7.11 Å². The Kier molecular flexibility index (Phi) is 2.77. The van der Waals surface area contributed by atoms with Crippen molar-refractivity contribution in [3.05, 3.63) is 17.0 Å². The highest BCUT2D eigenvalue weighted by atomic mass is 16.5. The molecule has 90 valence electrons. The smallest absolute Gasteiger partial charge is 0.336 e. The largest absolute Gasteiger partial charge is 0.466 e. The van der Waals surface area contributed by atoms with Crippen molar-refractivity contribution in [1.29, 1.82) is 0 Å². The fraction of sp³-hybridized carbons (Fsp3) is 0.333. The van der Waals surface area contributed by atoms with Crippen LogP contribution in [0.5, 0.6) is 6.01 Å². The Hall–Kier alpha value is -2.38. The highest BCUT2D eigenvalue weighted by Gasteiger charge is 2.18. The van der Waals surface area contributed by atoms with Gasteiger partial charge in [-0.05, 0) is 13.8 Å². The average Bonchev–Trinajstić information content (AvgIpc) is 2.86. The maximum Gasteiger partial charge on any atom is 0.336 e. The number of carbonyl (C=O) groups excluding carboxylic acids is 1. The second kappa shape index (κ2) is 4.24. The number of aryl methyl sites for hydroxylation is 2. The molecule has 2 aromatic heterocycles. The summed E-state index contributed by atoms with van der Waals surface area (Å²) in [6.45, 7) is 3.35. The second-order valence-electron chi connectivity index (χ2n) is 3.32. The third kappa shape index (κ3) is 2.10. The minimum absolute atomic E-state index is 0.152. The predicted molar refractivity (Wildman–Crippen MR) is 56.9 cm³/mol. The van der Waals surface area contributed by atoms with Gasteiger partial charge in [-0.2, -0.15) is 4.98 Å². The molecule has 0 atom stereocenters. The molecule has 0 spiro atoms. The van der Waals surface area contributed by atoms with E-state index in [2.05, 4.69) is 25.7 Å². The van der Waals surface area contributed by atoms with Crippen molar-refractivity contribution in [2.75, 3.05) is 12.4 Å². The number of methoxy groups -OCH3 is 1. The Morgan fingerprint density at radius 3 is 2.76 bits per heavy atom. The van der Waals surface area contributed by atoms with E-state index < -0.39 is 0 Å². The lowest BCUT2D eigenvalue weighted by molar-refractivity contribution is 0.102. The summed E-state index contributed by atoms with van der Waals surface area (Å²) in [5.74, 6) is 0.290. The van der Waals surface area contributed by atoms with Crippen LogP contribution in [0.2, 0.25) is 0 Å². The van der Waals surface area contributed by atoms with E-state index in [-0.39, 0.29) is 17.9 Å². The molecule has 2 N–H and O–H groups in total. The predicted octanol–water partition coefficient (Wildman–Crippen LogP) is 0.670. The van der Waals surface area contributed by atoms with Crippen molar-refractivity contribution >= 4 is 11.9 Å². The Balaban J connectivity index is 2.17. The number of aromatic nitrogens is 4. The van der Waals surface area contributed by atoms with Gasteiger partial charge in [-0.1, -0.05) is 5.16 Å². The monoisotopic (exact) mass is 237 g/mol. The molecule has 17 heavy (non-hydrogen) atoms. The van der Waals surface area contributed by atoms with Gasteiger partial charge in [0.2, 0.25) is 5.95 Å². The van der Waals surface area contributed by atoms with Crippen LogP contribution in [-0.2, 0) is 0 Å². The molecule has 0 aliphatic heterocycles. The summed E-state index contributed by atoms with van der Waals surface area (Å²) < 4.78 is 9.68. The van der Waals surface area contributed by atoms with Gasteiger partial charge in [-0.15, -0.1) is 5.10 Å². The number of anilines is 1. The fourth-order valence-corrected chi connectivity index (χ4v) is 1.37. The van der Waals surface area contributed by atoms with Crippen molar-refractivity contribution in [3.63, 3.8) is 0 Å². The number of rotatable bonds is 3. The van der Waals surface area contributed by atoms with Gasteiger partial charge in [-0.3, -0.25) is 10.1 Å². The molecule has 2 heterocycles. The number of hydrogen-bond acceptors (Lipinski definition) is 6. The maximum atomic E-state index is 11.9. The Bertz CT molecular complexity index is 525. The number of H-pyrrole nitrogens is 1. The van der Waals surface area contributed by atoms with Crippen molar-refractivity contribution in [1.82, 2.24) is 20.3 Å². The van der Waals surface area contributed by atoms with Crippen LogP contribution in [0.1, 0.15) is 21.8 Å². The number of amides is 1. The van der Waals surface area contributed by atoms with Gasteiger partial charge in [0.1, 0.15) is 11.3 Å². The summed E-state index contributed by atoms with van der Waals surface area (Å²) in [6.07, 6.45) is 0. The van der Waals surface area contributed by atoms with Gasteiger partial charge in [0.25, 0.3) is 5.91 Å². The van der Waals surface area contributed by atoms with Crippen LogP contribution in [0.3, 0.4) is 0 Å². The highest BCUT2D eigenvalue weighted by molar-refractivity contribution is 6.04. The standard InChI is InChI=1S/C9H11N5O3/c1-4-6(5(2)17-14-4)7(15)10-8-11-9(16-3)13-12-8/h1-3H3,(H2,10,11,12,13,15). The van der Waals surface area contributed by atoms with E-state index >= 15 is 0 Å². The maximum absolute atomic E-state index is 11.9. The number of ether oxygens (including phenoxy) is 1. The minimum Gasteiger partial charge on any atom is -0.466 e. The number of carbonyl (C=O) groups is 1. The fourth-order valence-electron chi connectivity index (χ4n) is 1.37. The number of nitrogens with one attached hydrogen (secondary N) is 2. The van der Waals surface area contributed by atoms with Crippen molar-refractivity contribution < 1.29 is 14.1 Å². The van der Waals surface area contributed by atoms with Crippen LogP contribution in [0.4, 0.5) is 5.95 Å². The van der Waals surface area contributed by atoms with Crippen LogP contribution in [0, 0.1) is 13.8 Å². The first-order valence-electron chi connectivity index (χ1n) is 4.82. The van der Waals surface area contributed by atoms with E-state index in [0.717, 1.165) is 0 Å². The molecule has 8 heteroatoms. The van der Waals surface area contributed by atoms with Gasteiger partial charge in [-0.25, -0.2) is 5.10 Å². The van der Waals surface area contributed by atoms with Crippen molar-refractivity contribution in [3.8, 4) is 6.01 Å². The van der Waals surface area contributed by atoms with Gasteiger partial charge in [0.05, 0.1) is 12.8 Å². The van der Waals surface area contributed by atoms with Gasteiger partial charge in [0, 0.05) is 0 Å². The Morgan fingerprint density at radius 2 is 2.24 bits per heavy atom. The summed E-state index contributed by atoms with van der Waals surface area (Å²) in [4.78, 5) is 15.7.